The Labute approximate surface area is 110 Å². The Hall–Kier alpha value is -2.61. The number of hydrogen-bond donors (Lipinski definition) is 0. The fraction of sp³-hybridized carbons (Fsp3) is 0. The number of hydrogen-bond acceptors (Lipinski definition) is 2. The number of furan rings is 1. The molecule has 2 heteroatoms. The summed E-state index contributed by atoms with van der Waals surface area (Å²) in [7, 11) is 0. The lowest BCUT2D eigenvalue weighted by molar-refractivity contribution is 0.669. The molecule has 0 saturated carbocycles. The standard InChI is InChI=1S/C17H11NO/c1-2-6-12(7-3-1)13-10-11-18-16-14-8-4-5-9-15(14)19-17(13)16/h1-11H. The highest BCUT2D eigenvalue weighted by Gasteiger charge is 2.12. The van der Waals surface area contributed by atoms with E-state index in [0.29, 0.717) is 0 Å². The lowest BCUT2D eigenvalue weighted by Crippen LogP contribution is -1.80. The Morgan fingerprint density at radius 3 is 2.47 bits per heavy atom. The summed E-state index contributed by atoms with van der Waals surface area (Å²) in [6.45, 7) is 0. The second-order valence-electron chi connectivity index (χ2n) is 4.50. The molecule has 0 bridgehead atoms. The van der Waals surface area contributed by atoms with E-state index in [0.717, 1.165) is 33.2 Å². The molecule has 0 saturated heterocycles. The van der Waals surface area contributed by atoms with Gasteiger partial charge in [-0.2, -0.15) is 0 Å². The monoisotopic (exact) mass is 245 g/mol. The number of nitrogens with zero attached hydrogens (tertiary/aromatic N) is 1. The minimum atomic E-state index is 0.856. The van der Waals surface area contributed by atoms with Crippen LogP contribution in [0, 0.1) is 0 Å². The van der Waals surface area contributed by atoms with Crippen molar-refractivity contribution in [3.63, 3.8) is 0 Å². The molecule has 2 aromatic heterocycles. The zero-order chi connectivity index (χ0) is 12.7. The Morgan fingerprint density at radius 2 is 1.58 bits per heavy atom. The molecule has 90 valence electrons. The van der Waals surface area contributed by atoms with Gasteiger partial charge in [0, 0.05) is 17.1 Å². The molecule has 2 heterocycles. The van der Waals surface area contributed by atoms with Gasteiger partial charge < -0.3 is 4.42 Å². The first-order valence-electron chi connectivity index (χ1n) is 6.25. The van der Waals surface area contributed by atoms with Gasteiger partial charge in [0.15, 0.2) is 5.58 Å². The van der Waals surface area contributed by atoms with Crippen LogP contribution >= 0.6 is 0 Å². The minimum absolute atomic E-state index is 0.856. The van der Waals surface area contributed by atoms with Gasteiger partial charge in [-0.15, -0.1) is 0 Å². The van der Waals surface area contributed by atoms with Crippen LogP contribution in [-0.2, 0) is 0 Å². The summed E-state index contributed by atoms with van der Waals surface area (Å²) in [5.41, 5.74) is 4.90. The Bertz CT molecular complexity index is 862. The van der Waals surface area contributed by atoms with Gasteiger partial charge in [0.1, 0.15) is 11.1 Å². The van der Waals surface area contributed by atoms with Crippen LogP contribution in [0.4, 0.5) is 0 Å². The molecule has 0 spiro atoms. The van der Waals surface area contributed by atoms with E-state index < -0.39 is 0 Å². The third-order valence-electron chi connectivity index (χ3n) is 3.34. The van der Waals surface area contributed by atoms with E-state index in [1.807, 2.05) is 54.7 Å². The van der Waals surface area contributed by atoms with Crippen LogP contribution < -0.4 is 0 Å². The highest BCUT2D eigenvalue weighted by molar-refractivity contribution is 6.07. The van der Waals surface area contributed by atoms with Crippen molar-refractivity contribution in [2.75, 3.05) is 0 Å². The first kappa shape index (κ1) is 10.3. The highest BCUT2D eigenvalue weighted by Crippen LogP contribution is 2.33. The summed E-state index contributed by atoms with van der Waals surface area (Å²) in [6.07, 6.45) is 1.84. The van der Waals surface area contributed by atoms with Crippen molar-refractivity contribution in [3.05, 3.63) is 66.9 Å². The fourth-order valence-electron chi connectivity index (χ4n) is 2.45. The zero-order valence-electron chi connectivity index (χ0n) is 10.2. The normalized spacial score (nSPS) is 11.2. The Kier molecular flexibility index (Phi) is 2.15. The van der Waals surface area contributed by atoms with Crippen LogP contribution in [0.2, 0.25) is 0 Å². The molecule has 4 aromatic rings. The average molecular weight is 245 g/mol. The van der Waals surface area contributed by atoms with Crippen molar-refractivity contribution in [2.45, 2.75) is 0 Å². The largest absolute Gasteiger partial charge is 0.454 e. The Balaban J connectivity index is 2.13. The van der Waals surface area contributed by atoms with Crippen molar-refractivity contribution in [2.24, 2.45) is 0 Å². The lowest BCUT2D eigenvalue weighted by atomic mass is 10.1. The second kappa shape index (κ2) is 3.95. The third kappa shape index (κ3) is 1.54. The lowest BCUT2D eigenvalue weighted by Gasteiger charge is -2.01. The van der Waals surface area contributed by atoms with Gasteiger partial charge >= 0.3 is 0 Å². The van der Waals surface area contributed by atoms with Crippen molar-refractivity contribution >= 4 is 22.1 Å². The first-order valence-corrected chi connectivity index (χ1v) is 6.25. The molecular weight excluding hydrogens is 234 g/mol. The summed E-state index contributed by atoms with van der Waals surface area (Å²) in [5, 5.41) is 1.07. The molecule has 2 aromatic carbocycles. The van der Waals surface area contributed by atoms with Gasteiger partial charge in [0.2, 0.25) is 0 Å². The number of benzene rings is 2. The first-order chi connectivity index (χ1) is 9.43. The number of rotatable bonds is 1. The molecule has 0 aliphatic carbocycles. The van der Waals surface area contributed by atoms with Crippen LogP contribution in [0.5, 0.6) is 0 Å². The van der Waals surface area contributed by atoms with Gasteiger partial charge in [-0.1, -0.05) is 42.5 Å². The van der Waals surface area contributed by atoms with E-state index in [1.54, 1.807) is 0 Å². The van der Waals surface area contributed by atoms with E-state index in [2.05, 4.69) is 17.1 Å². The summed E-state index contributed by atoms with van der Waals surface area (Å²) in [5.74, 6) is 0. The molecule has 4 rings (SSSR count). The van der Waals surface area contributed by atoms with Crippen LogP contribution in [0.15, 0.2) is 71.3 Å². The maximum absolute atomic E-state index is 5.98. The van der Waals surface area contributed by atoms with Crippen LogP contribution in [0.1, 0.15) is 0 Å². The van der Waals surface area contributed by atoms with Gasteiger partial charge in [-0.25, -0.2) is 0 Å². The van der Waals surface area contributed by atoms with E-state index in [9.17, 15) is 0 Å². The van der Waals surface area contributed by atoms with E-state index in [1.165, 1.54) is 0 Å². The number of aromatic nitrogens is 1. The zero-order valence-corrected chi connectivity index (χ0v) is 10.2. The van der Waals surface area contributed by atoms with E-state index in [4.69, 9.17) is 4.42 Å². The third-order valence-corrected chi connectivity index (χ3v) is 3.34. The smallest absolute Gasteiger partial charge is 0.161 e. The van der Waals surface area contributed by atoms with Crippen molar-refractivity contribution in [3.8, 4) is 11.1 Å². The molecule has 0 aliphatic rings. The maximum atomic E-state index is 5.98. The number of fused-ring (bicyclic) bond motifs is 3. The molecule has 2 nitrogen and oxygen atoms in total. The van der Waals surface area contributed by atoms with Gasteiger partial charge in [0.05, 0.1) is 0 Å². The van der Waals surface area contributed by atoms with Crippen LogP contribution in [-0.4, -0.2) is 4.98 Å². The number of pyridine rings is 1. The summed E-state index contributed by atoms with van der Waals surface area (Å²) in [6, 6.07) is 20.3. The predicted octanol–water partition coefficient (Wildman–Crippen LogP) is 4.65. The van der Waals surface area contributed by atoms with Crippen LogP contribution in [0.25, 0.3) is 33.2 Å². The molecule has 0 radical (unpaired) electrons. The van der Waals surface area contributed by atoms with Gasteiger partial charge in [0.25, 0.3) is 0 Å². The molecule has 19 heavy (non-hydrogen) atoms. The van der Waals surface area contributed by atoms with E-state index in [-0.39, 0.29) is 0 Å². The van der Waals surface area contributed by atoms with Gasteiger partial charge in [-0.05, 0) is 23.8 Å². The SMILES string of the molecule is c1ccc(-c2ccnc3c2oc2ccccc23)cc1. The van der Waals surface area contributed by atoms with E-state index >= 15 is 0 Å². The minimum Gasteiger partial charge on any atom is -0.454 e. The van der Waals surface area contributed by atoms with Crippen molar-refractivity contribution in [1.29, 1.82) is 0 Å². The van der Waals surface area contributed by atoms with Crippen molar-refractivity contribution < 1.29 is 4.42 Å². The second-order valence-corrected chi connectivity index (χ2v) is 4.50. The molecule has 0 N–H and O–H groups in total. The summed E-state index contributed by atoms with van der Waals surface area (Å²) >= 11 is 0. The quantitative estimate of drug-likeness (QED) is 0.488. The topological polar surface area (TPSA) is 26.0 Å². The molecule has 0 atom stereocenters. The van der Waals surface area contributed by atoms with Gasteiger partial charge in [-0.3, -0.25) is 4.98 Å². The summed E-state index contributed by atoms with van der Waals surface area (Å²) < 4.78 is 5.98. The predicted molar refractivity (Wildman–Crippen MR) is 77.0 cm³/mol. The molecular formula is C17H11NO. The maximum Gasteiger partial charge on any atom is 0.161 e. The molecule has 0 amide bonds. The summed E-state index contributed by atoms with van der Waals surface area (Å²) in [4.78, 5) is 4.46. The molecule has 0 unspecified atom stereocenters. The molecule has 0 aliphatic heterocycles. The Morgan fingerprint density at radius 1 is 0.789 bits per heavy atom. The average Bonchev–Trinajstić information content (AvgIpc) is 2.87. The van der Waals surface area contributed by atoms with Crippen molar-refractivity contribution in [1.82, 2.24) is 4.98 Å². The highest BCUT2D eigenvalue weighted by atomic mass is 16.3. The fourth-order valence-corrected chi connectivity index (χ4v) is 2.45. The molecule has 0 fully saturated rings. The number of para-hydroxylation sites is 1. The van der Waals surface area contributed by atoms with Crippen LogP contribution in [0.3, 0.4) is 0 Å².